The molecule has 0 unspecified atom stereocenters. The molecule has 2 aromatic carbocycles. The third-order valence-corrected chi connectivity index (χ3v) is 4.54. The fourth-order valence-corrected chi connectivity index (χ4v) is 2.94. The minimum Gasteiger partial charge on any atom is -0.497 e. The first-order valence-electron chi connectivity index (χ1n) is 8.74. The number of hydrogen-bond acceptors (Lipinski definition) is 5. The second kappa shape index (κ2) is 9.29. The van der Waals surface area contributed by atoms with Crippen LogP contribution in [0.3, 0.4) is 0 Å². The SMILES string of the molecule is COCc1ccc(CNC(=O)Cn2c(-c3ccc(OC)cc3)n[nH]c2=S)cc1. The van der Waals surface area contributed by atoms with Crippen LogP contribution < -0.4 is 10.1 Å². The Kier molecular flexibility index (Phi) is 6.57. The quantitative estimate of drug-likeness (QED) is 0.570. The number of ether oxygens (including phenoxy) is 2. The number of nitrogens with one attached hydrogen (secondary N) is 2. The van der Waals surface area contributed by atoms with Gasteiger partial charge in [-0.25, -0.2) is 0 Å². The van der Waals surface area contributed by atoms with Gasteiger partial charge in [0.1, 0.15) is 12.3 Å². The molecule has 8 heteroatoms. The van der Waals surface area contributed by atoms with E-state index >= 15 is 0 Å². The van der Waals surface area contributed by atoms with Crippen LogP contribution in [-0.2, 0) is 29.2 Å². The predicted octanol–water partition coefficient (Wildman–Crippen LogP) is 3.08. The van der Waals surface area contributed by atoms with Crippen LogP contribution in [0, 0.1) is 4.77 Å². The van der Waals surface area contributed by atoms with E-state index in [2.05, 4.69) is 15.5 Å². The molecule has 28 heavy (non-hydrogen) atoms. The molecule has 1 aromatic heterocycles. The van der Waals surface area contributed by atoms with Crippen LogP contribution in [0.2, 0.25) is 0 Å². The summed E-state index contributed by atoms with van der Waals surface area (Å²) in [6.07, 6.45) is 0. The lowest BCUT2D eigenvalue weighted by molar-refractivity contribution is -0.121. The van der Waals surface area contributed by atoms with Gasteiger partial charge in [-0.1, -0.05) is 24.3 Å². The molecule has 2 N–H and O–H groups in total. The molecule has 0 saturated carbocycles. The van der Waals surface area contributed by atoms with E-state index in [-0.39, 0.29) is 12.5 Å². The summed E-state index contributed by atoms with van der Waals surface area (Å²) >= 11 is 5.28. The van der Waals surface area contributed by atoms with Gasteiger partial charge in [-0.2, -0.15) is 5.10 Å². The van der Waals surface area contributed by atoms with E-state index in [1.165, 1.54) is 0 Å². The molecule has 0 spiro atoms. The van der Waals surface area contributed by atoms with Gasteiger partial charge in [0.25, 0.3) is 0 Å². The first kappa shape index (κ1) is 19.8. The molecule has 0 fully saturated rings. The average Bonchev–Trinajstić information content (AvgIpc) is 3.08. The molecule has 7 nitrogen and oxygen atoms in total. The molecule has 1 amide bonds. The number of aromatic nitrogens is 3. The van der Waals surface area contributed by atoms with Crippen molar-refractivity contribution in [2.24, 2.45) is 0 Å². The van der Waals surface area contributed by atoms with Crippen molar-refractivity contribution in [1.82, 2.24) is 20.1 Å². The van der Waals surface area contributed by atoms with Gasteiger partial charge < -0.3 is 14.8 Å². The predicted molar refractivity (Wildman–Crippen MR) is 108 cm³/mol. The van der Waals surface area contributed by atoms with E-state index in [9.17, 15) is 4.79 Å². The average molecular weight is 398 g/mol. The molecule has 146 valence electrons. The summed E-state index contributed by atoms with van der Waals surface area (Å²) < 4.78 is 12.3. The molecule has 0 radical (unpaired) electrons. The maximum Gasteiger partial charge on any atom is 0.240 e. The summed E-state index contributed by atoms with van der Waals surface area (Å²) in [7, 11) is 3.27. The van der Waals surface area contributed by atoms with Crippen LogP contribution in [0.5, 0.6) is 5.75 Å². The molecule has 1 heterocycles. The summed E-state index contributed by atoms with van der Waals surface area (Å²) in [5.41, 5.74) is 2.94. The minimum absolute atomic E-state index is 0.0818. The summed E-state index contributed by atoms with van der Waals surface area (Å²) in [5.74, 6) is 1.21. The topological polar surface area (TPSA) is 81.2 Å². The van der Waals surface area contributed by atoms with Crippen molar-refractivity contribution < 1.29 is 14.3 Å². The molecule has 0 atom stereocenters. The molecule has 3 rings (SSSR count). The Balaban J connectivity index is 1.65. The summed E-state index contributed by atoms with van der Waals surface area (Å²) in [5, 5.41) is 9.92. The van der Waals surface area contributed by atoms with Crippen molar-refractivity contribution >= 4 is 18.1 Å². The van der Waals surface area contributed by atoms with Crippen molar-refractivity contribution in [3.8, 4) is 17.1 Å². The van der Waals surface area contributed by atoms with Gasteiger partial charge in [0.05, 0.1) is 13.7 Å². The second-order valence-corrected chi connectivity index (χ2v) is 6.58. The van der Waals surface area contributed by atoms with E-state index < -0.39 is 0 Å². The van der Waals surface area contributed by atoms with Gasteiger partial charge >= 0.3 is 0 Å². The van der Waals surface area contributed by atoms with E-state index in [1.807, 2.05) is 48.5 Å². The molecule has 0 aliphatic heterocycles. The fraction of sp³-hybridized carbons (Fsp3) is 0.250. The van der Waals surface area contributed by atoms with Gasteiger partial charge in [-0.05, 0) is 47.6 Å². The Hall–Kier alpha value is -2.97. The molecule has 0 aliphatic carbocycles. The number of carbonyl (C=O) groups excluding carboxylic acids is 1. The van der Waals surface area contributed by atoms with Crippen molar-refractivity contribution in [3.63, 3.8) is 0 Å². The first-order valence-corrected chi connectivity index (χ1v) is 9.14. The Morgan fingerprint density at radius 3 is 2.43 bits per heavy atom. The highest BCUT2D eigenvalue weighted by atomic mass is 32.1. The zero-order valence-corrected chi connectivity index (χ0v) is 16.6. The first-order chi connectivity index (χ1) is 13.6. The number of hydrogen-bond donors (Lipinski definition) is 2. The summed E-state index contributed by atoms with van der Waals surface area (Å²) in [4.78, 5) is 12.4. The third kappa shape index (κ3) is 4.85. The van der Waals surface area contributed by atoms with E-state index in [1.54, 1.807) is 18.8 Å². The van der Waals surface area contributed by atoms with Crippen molar-refractivity contribution in [3.05, 3.63) is 64.4 Å². The third-order valence-electron chi connectivity index (χ3n) is 4.23. The number of H-pyrrole nitrogens is 1. The summed E-state index contributed by atoms with van der Waals surface area (Å²) in [6.45, 7) is 1.09. The lowest BCUT2D eigenvalue weighted by Gasteiger charge is -2.09. The second-order valence-electron chi connectivity index (χ2n) is 6.19. The smallest absolute Gasteiger partial charge is 0.240 e. The molecular weight excluding hydrogens is 376 g/mol. The Bertz CT molecular complexity index is 978. The Labute approximate surface area is 168 Å². The number of amides is 1. The van der Waals surface area contributed by atoms with Gasteiger partial charge in [0.15, 0.2) is 10.6 Å². The van der Waals surface area contributed by atoms with Gasteiger partial charge in [0.2, 0.25) is 5.91 Å². The lowest BCUT2D eigenvalue weighted by Crippen LogP contribution is -2.27. The monoisotopic (exact) mass is 398 g/mol. The molecule has 0 bridgehead atoms. The van der Waals surface area contributed by atoms with Crippen molar-refractivity contribution in [1.29, 1.82) is 0 Å². The Morgan fingerprint density at radius 2 is 1.79 bits per heavy atom. The largest absolute Gasteiger partial charge is 0.497 e. The van der Waals surface area contributed by atoms with Crippen molar-refractivity contribution in [2.45, 2.75) is 19.7 Å². The minimum atomic E-state index is -0.145. The molecule has 3 aromatic rings. The number of rotatable bonds is 8. The van der Waals surface area contributed by atoms with Gasteiger partial charge in [-0.15, -0.1) is 0 Å². The standard InChI is InChI=1S/C20H22N4O3S/c1-26-13-15-5-3-14(4-6-15)11-21-18(25)12-24-19(22-23-20(24)28)16-7-9-17(27-2)10-8-16/h3-10H,11-13H2,1-2H3,(H,21,25)(H,23,28). The number of methoxy groups -OCH3 is 2. The number of benzene rings is 2. The summed E-state index contributed by atoms with van der Waals surface area (Å²) in [6, 6.07) is 15.3. The zero-order valence-electron chi connectivity index (χ0n) is 15.8. The zero-order chi connectivity index (χ0) is 19.9. The normalized spacial score (nSPS) is 10.6. The number of aromatic amines is 1. The molecule has 0 aliphatic rings. The molecule has 0 saturated heterocycles. The van der Waals surface area contributed by atoms with Gasteiger partial charge in [-0.3, -0.25) is 14.5 Å². The van der Waals surface area contributed by atoms with Crippen LogP contribution in [-0.4, -0.2) is 34.9 Å². The van der Waals surface area contributed by atoms with Gasteiger partial charge in [0, 0.05) is 19.2 Å². The highest BCUT2D eigenvalue weighted by Crippen LogP contribution is 2.20. The Morgan fingerprint density at radius 1 is 1.11 bits per heavy atom. The highest BCUT2D eigenvalue weighted by Gasteiger charge is 2.12. The van der Waals surface area contributed by atoms with Crippen molar-refractivity contribution in [2.75, 3.05) is 14.2 Å². The maximum atomic E-state index is 12.4. The van der Waals surface area contributed by atoms with Crippen LogP contribution in [0.15, 0.2) is 48.5 Å². The van der Waals surface area contributed by atoms with E-state index in [0.29, 0.717) is 23.7 Å². The lowest BCUT2D eigenvalue weighted by atomic mass is 10.1. The van der Waals surface area contributed by atoms with E-state index in [4.69, 9.17) is 21.7 Å². The van der Waals surface area contributed by atoms with Crippen LogP contribution in [0.25, 0.3) is 11.4 Å². The number of carbonyl (C=O) groups is 1. The van der Waals surface area contributed by atoms with Crippen LogP contribution >= 0.6 is 12.2 Å². The number of nitrogens with zero attached hydrogens (tertiary/aromatic N) is 2. The maximum absolute atomic E-state index is 12.4. The van der Waals surface area contributed by atoms with Crippen LogP contribution in [0.4, 0.5) is 0 Å². The fourth-order valence-electron chi connectivity index (χ4n) is 2.74. The highest BCUT2D eigenvalue weighted by molar-refractivity contribution is 7.71. The van der Waals surface area contributed by atoms with Crippen LogP contribution in [0.1, 0.15) is 11.1 Å². The molecular formula is C20H22N4O3S. The van der Waals surface area contributed by atoms with E-state index in [0.717, 1.165) is 22.4 Å².